The first kappa shape index (κ1) is 15.4. The van der Waals surface area contributed by atoms with E-state index in [4.69, 9.17) is 5.73 Å². The van der Waals surface area contributed by atoms with Crippen LogP contribution in [0.3, 0.4) is 0 Å². The van der Waals surface area contributed by atoms with Crippen molar-refractivity contribution in [3.8, 4) is 6.07 Å². The van der Waals surface area contributed by atoms with Crippen LogP contribution in [0.25, 0.3) is 0 Å². The third kappa shape index (κ3) is 3.03. The van der Waals surface area contributed by atoms with E-state index < -0.39 is 0 Å². The molecule has 5 nitrogen and oxygen atoms in total. The van der Waals surface area contributed by atoms with Crippen LogP contribution in [0.5, 0.6) is 0 Å². The van der Waals surface area contributed by atoms with E-state index in [1.165, 1.54) is 11.3 Å². The van der Waals surface area contributed by atoms with Crippen LogP contribution in [0.2, 0.25) is 0 Å². The molecule has 0 radical (unpaired) electrons. The average molecular weight is 304 g/mol. The van der Waals surface area contributed by atoms with Crippen molar-refractivity contribution in [3.63, 3.8) is 0 Å². The lowest BCUT2D eigenvalue weighted by Gasteiger charge is -2.16. The van der Waals surface area contributed by atoms with Gasteiger partial charge in [0.2, 0.25) is 0 Å². The molecule has 1 aromatic heterocycles. The largest absolute Gasteiger partial charge is 0.396 e. The van der Waals surface area contributed by atoms with Crippen LogP contribution in [-0.2, 0) is 0 Å². The van der Waals surface area contributed by atoms with Gasteiger partial charge in [-0.3, -0.25) is 4.79 Å². The van der Waals surface area contributed by atoms with E-state index in [1.54, 1.807) is 6.08 Å². The van der Waals surface area contributed by atoms with Crippen molar-refractivity contribution >= 4 is 27.9 Å². The summed E-state index contributed by atoms with van der Waals surface area (Å²) < 4.78 is 0. The van der Waals surface area contributed by atoms with Crippen LogP contribution in [0.15, 0.2) is 12.7 Å². The van der Waals surface area contributed by atoms with Crippen LogP contribution in [-0.4, -0.2) is 25.5 Å². The number of nitrogen functional groups attached to an aromatic ring is 1. The van der Waals surface area contributed by atoms with Crippen molar-refractivity contribution in [2.24, 2.45) is 5.92 Å². The summed E-state index contributed by atoms with van der Waals surface area (Å²) in [7, 11) is 0. The molecule has 6 heteroatoms. The van der Waals surface area contributed by atoms with Gasteiger partial charge in [-0.2, -0.15) is 5.26 Å². The van der Waals surface area contributed by atoms with Crippen molar-refractivity contribution in [1.82, 2.24) is 5.32 Å². The second kappa shape index (κ2) is 6.64. The Bertz CT molecular complexity index is 587. The minimum atomic E-state index is -0.244. The standard InChI is InChI=1S/C15H20N4OS/c1-3-6-18-14(20)13-12(17)11(8-16)15(21-13)19-7-5-10(4-2)9-19/h3,10H,1,4-7,9,17H2,2H3,(H,18,20). The number of anilines is 2. The van der Waals surface area contributed by atoms with Crippen LogP contribution in [0, 0.1) is 17.2 Å². The Labute approximate surface area is 129 Å². The van der Waals surface area contributed by atoms with Crippen molar-refractivity contribution in [2.45, 2.75) is 19.8 Å². The molecule has 1 amide bonds. The smallest absolute Gasteiger partial charge is 0.263 e. The molecule has 2 rings (SSSR count). The number of nitrogens with two attached hydrogens (primary N) is 1. The third-order valence-electron chi connectivity index (χ3n) is 3.80. The number of carbonyl (C=O) groups is 1. The Balaban J connectivity index is 2.28. The van der Waals surface area contributed by atoms with Crippen LogP contribution < -0.4 is 16.0 Å². The fourth-order valence-electron chi connectivity index (χ4n) is 2.53. The molecule has 0 bridgehead atoms. The summed E-state index contributed by atoms with van der Waals surface area (Å²) in [5.41, 5.74) is 6.72. The summed E-state index contributed by atoms with van der Waals surface area (Å²) in [6.45, 7) is 7.97. The van der Waals surface area contributed by atoms with Gasteiger partial charge in [-0.25, -0.2) is 0 Å². The molecule has 1 fully saturated rings. The Hall–Kier alpha value is -2.00. The predicted molar refractivity (Wildman–Crippen MR) is 86.6 cm³/mol. The molecule has 0 saturated carbocycles. The minimum absolute atomic E-state index is 0.244. The maximum Gasteiger partial charge on any atom is 0.263 e. The van der Waals surface area contributed by atoms with Gasteiger partial charge in [0.25, 0.3) is 5.91 Å². The first-order valence-corrected chi connectivity index (χ1v) is 7.90. The molecule has 1 aliphatic heterocycles. The zero-order valence-corrected chi connectivity index (χ0v) is 13.0. The average Bonchev–Trinajstić information content (AvgIpc) is 3.08. The highest BCUT2D eigenvalue weighted by atomic mass is 32.1. The number of thiophene rings is 1. The number of hydrogen-bond donors (Lipinski definition) is 2. The molecule has 0 aliphatic carbocycles. The molecule has 1 saturated heterocycles. The van der Waals surface area contributed by atoms with Gasteiger partial charge in [-0.05, 0) is 12.3 Å². The Morgan fingerprint density at radius 1 is 1.71 bits per heavy atom. The zero-order chi connectivity index (χ0) is 15.4. The number of rotatable bonds is 5. The van der Waals surface area contributed by atoms with Gasteiger partial charge in [0.15, 0.2) is 0 Å². The third-order valence-corrected chi connectivity index (χ3v) is 5.07. The number of amides is 1. The maximum atomic E-state index is 12.1. The molecule has 2 heterocycles. The van der Waals surface area contributed by atoms with Crippen molar-refractivity contribution in [2.75, 3.05) is 30.3 Å². The maximum absolute atomic E-state index is 12.1. The van der Waals surface area contributed by atoms with Gasteiger partial charge in [0.1, 0.15) is 21.5 Å². The van der Waals surface area contributed by atoms with E-state index in [9.17, 15) is 10.1 Å². The fraction of sp³-hybridized carbons (Fsp3) is 0.467. The van der Waals surface area contributed by atoms with Crippen LogP contribution >= 0.6 is 11.3 Å². The molecular weight excluding hydrogens is 284 g/mol. The first-order valence-electron chi connectivity index (χ1n) is 7.08. The lowest BCUT2D eigenvalue weighted by molar-refractivity contribution is 0.0963. The molecular formula is C15H20N4OS. The van der Waals surface area contributed by atoms with E-state index in [2.05, 4.69) is 29.8 Å². The highest BCUT2D eigenvalue weighted by molar-refractivity contribution is 7.19. The SMILES string of the molecule is C=CCNC(=O)c1sc(N2CCC(CC)C2)c(C#N)c1N. The van der Waals surface area contributed by atoms with Crippen molar-refractivity contribution < 1.29 is 4.79 Å². The Morgan fingerprint density at radius 3 is 3.05 bits per heavy atom. The van der Waals surface area contributed by atoms with E-state index >= 15 is 0 Å². The van der Waals surface area contributed by atoms with Crippen LogP contribution in [0.4, 0.5) is 10.7 Å². The second-order valence-electron chi connectivity index (χ2n) is 5.14. The van der Waals surface area contributed by atoms with Gasteiger partial charge in [-0.1, -0.05) is 19.4 Å². The summed E-state index contributed by atoms with van der Waals surface area (Å²) in [4.78, 5) is 14.7. The number of nitrogens with one attached hydrogen (secondary N) is 1. The molecule has 1 aliphatic rings. The molecule has 112 valence electrons. The number of hydrogen-bond acceptors (Lipinski definition) is 5. The highest BCUT2D eigenvalue weighted by Crippen LogP contribution is 2.40. The van der Waals surface area contributed by atoms with E-state index in [1.807, 2.05) is 0 Å². The van der Waals surface area contributed by atoms with Crippen LogP contribution in [0.1, 0.15) is 35.0 Å². The van der Waals surface area contributed by atoms with E-state index in [-0.39, 0.29) is 5.91 Å². The summed E-state index contributed by atoms with van der Waals surface area (Å²) in [6, 6.07) is 2.15. The van der Waals surface area contributed by atoms with Gasteiger partial charge in [-0.15, -0.1) is 17.9 Å². The fourth-order valence-corrected chi connectivity index (χ4v) is 3.65. The van der Waals surface area contributed by atoms with Crippen molar-refractivity contribution in [3.05, 3.63) is 23.1 Å². The normalized spacial score (nSPS) is 17.5. The quantitative estimate of drug-likeness (QED) is 0.818. The lowest BCUT2D eigenvalue weighted by atomic mass is 10.1. The number of carbonyl (C=O) groups excluding carboxylic acids is 1. The number of nitrogens with zero attached hydrogens (tertiary/aromatic N) is 2. The minimum Gasteiger partial charge on any atom is -0.396 e. The van der Waals surface area contributed by atoms with E-state index in [0.717, 1.165) is 30.9 Å². The summed E-state index contributed by atoms with van der Waals surface area (Å²) in [5.74, 6) is 0.407. The molecule has 1 atom stereocenters. The predicted octanol–water partition coefficient (Wildman–Crippen LogP) is 2.35. The summed E-state index contributed by atoms with van der Waals surface area (Å²) in [6.07, 6.45) is 3.86. The molecule has 1 aromatic rings. The summed E-state index contributed by atoms with van der Waals surface area (Å²) >= 11 is 1.31. The van der Waals surface area contributed by atoms with Gasteiger partial charge >= 0.3 is 0 Å². The number of nitriles is 1. The molecule has 3 N–H and O–H groups in total. The lowest BCUT2D eigenvalue weighted by Crippen LogP contribution is -2.23. The molecule has 21 heavy (non-hydrogen) atoms. The zero-order valence-electron chi connectivity index (χ0n) is 12.2. The summed E-state index contributed by atoms with van der Waals surface area (Å²) in [5, 5.41) is 12.9. The Morgan fingerprint density at radius 2 is 2.48 bits per heavy atom. The monoisotopic (exact) mass is 304 g/mol. The molecule has 1 unspecified atom stereocenters. The van der Waals surface area contributed by atoms with Crippen molar-refractivity contribution in [1.29, 1.82) is 5.26 Å². The molecule has 0 spiro atoms. The topological polar surface area (TPSA) is 82.2 Å². The Kier molecular flexibility index (Phi) is 4.86. The van der Waals surface area contributed by atoms with Gasteiger partial charge in [0.05, 0.1) is 5.69 Å². The van der Waals surface area contributed by atoms with E-state index in [0.29, 0.717) is 28.6 Å². The highest BCUT2D eigenvalue weighted by Gasteiger charge is 2.28. The van der Waals surface area contributed by atoms with Gasteiger partial charge in [0, 0.05) is 19.6 Å². The second-order valence-corrected chi connectivity index (χ2v) is 6.14. The van der Waals surface area contributed by atoms with Gasteiger partial charge < -0.3 is 16.0 Å². The first-order chi connectivity index (χ1) is 10.1. The molecule has 0 aromatic carbocycles.